The number of ether oxygens (including phenoxy) is 3. The fourth-order valence-electron chi connectivity index (χ4n) is 4.63. The van der Waals surface area contributed by atoms with Crippen molar-refractivity contribution in [3.63, 3.8) is 0 Å². The van der Waals surface area contributed by atoms with Crippen LogP contribution in [0.2, 0.25) is 0 Å². The third-order valence-electron chi connectivity index (χ3n) is 5.97. The number of benzene rings is 2. The number of nitrogens with zero attached hydrogens (tertiary/aromatic N) is 1. The second kappa shape index (κ2) is 7.83. The second-order valence-corrected chi connectivity index (χ2v) is 9.56. The van der Waals surface area contributed by atoms with E-state index in [9.17, 15) is 18.4 Å². The van der Waals surface area contributed by atoms with Crippen molar-refractivity contribution in [2.24, 2.45) is 0 Å². The van der Waals surface area contributed by atoms with Crippen molar-refractivity contribution in [3.8, 4) is 11.5 Å². The number of carbonyl (C=O) groups excluding carboxylic acids is 2. The zero-order valence-corrected chi connectivity index (χ0v) is 19.6. The highest BCUT2D eigenvalue weighted by Gasteiger charge is 2.44. The molecule has 0 atom stereocenters. The van der Waals surface area contributed by atoms with E-state index in [1.807, 2.05) is 38.1 Å². The molecule has 35 heavy (non-hydrogen) atoms. The maximum Gasteiger partial charge on any atom is 0.586 e. The topological polar surface area (TPSA) is 80.9 Å². The summed E-state index contributed by atoms with van der Waals surface area (Å²) in [7, 11) is 0. The molecule has 0 bridgehead atoms. The molecule has 0 fully saturated rings. The summed E-state index contributed by atoms with van der Waals surface area (Å²) in [6.45, 7) is 7.69. The van der Waals surface area contributed by atoms with Gasteiger partial charge < -0.3 is 24.1 Å². The number of H-pyrrole nitrogens is 1. The third kappa shape index (κ3) is 4.00. The molecule has 182 valence electrons. The Morgan fingerprint density at radius 3 is 2.54 bits per heavy atom. The maximum atomic E-state index is 13.6. The largest absolute Gasteiger partial charge is 0.586 e. The van der Waals surface area contributed by atoms with Crippen LogP contribution in [0.1, 0.15) is 49.3 Å². The molecule has 0 radical (unpaired) electrons. The lowest BCUT2D eigenvalue weighted by molar-refractivity contribution is -0.286. The van der Waals surface area contributed by atoms with Gasteiger partial charge in [0.25, 0.3) is 5.91 Å². The molecule has 0 aliphatic carbocycles. The Balaban J connectivity index is 1.61. The molecule has 0 unspecified atom stereocenters. The number of aromatic amines is 1. The minimum atomic E-state index is -3.79. The van der Waals surface area contributed by atoms with Crippen molar-refractivity contribution < 1.29 is 32.6 Å². The Morgan fingerprint density at radius 1 is 1.09 bits per heavy atom. The van der Waals surface area contributed by atoms with Crippen LogP contribution >= 0.6 is 0 Å². The number of fused-ring (bicyclic) bond motifs is 4. The standard InChI is InChI=1S/C26H24F2N2O5/c1-14(2)33-24(32)17-12-30(23(31)15-9-10-19-20(11-15)35-26(27,28)34-19)13-25(3,4)21-16-7-5-6-8-18(16)29-22(17)21/h5-12,14,29H,13H2,1-4H3. The van der Waals surface area contributed by atoms with Crippen LogP contribution in [0.15, 0.2) is 48.7 Å². The van der Waals surface area contributed by atoms with E-state index in [1.54, 1.807) is 13.8 Å². The van der Waals surface area contributed by atoms with Crippen LogP contribution < -0.4 is 9.47 Å². The van der Waals surface area contributed by atoms with Crippen LogP contribution in [0.5, 0.6) is 11.5 Å². The van der Waals surface area contributed by atoms with Crippen molar-refractivity contribution >= 4 is 28.4 Å². The molecule has 1 N–H and O–H groups in total. The first kappa shape index (κ1) is 22.9. The molecule has 7 nitrogen and oxygen atoms in total. The fraction of sp³-hybridized carbons (Fsp3) is 0.308. The van der Waals surface area contributed by atoms with Gasteiger partial charge in [-0.3, -0.25) is 4.79 Å². The van der Waals surface area contributed by atoms with Crippen molar-refractivity contribution in [2.75, 3.05) is 6.54 Å². The minimum Gasteiger partial charge on any atom is -0.459 e. The van der Waals surface area contributed by atoms with E-state index in [4.69, 9.17) is 4.74 Å². The van der Waals surface area contributed by atoms with Crippen molar-refractivity contribution in [1.29, 1.82) is 0 Å². The average molecular weight is 482 g/mol. The summed E-state index contributed by atoms with van der Waals surface area (Å²) in [6.07, 6.45) is -2.69. The molecule has 0 spiro atoms. The van der Waals surface area contributed by atoms with Crippen LogP contribution in [0, 0.1) is 0 Å². The van der Waals surface area contributed by atoms with Crippen LogP contribution in [0.4, 0.5) is 8.78 Å². The van der Waals surface area contributed by atoms with Gasteiger partial charge in [0.05, 0.1) is 17.4 Å². The van der Waals surface area contributed by atoms with E-state index >= 15 is 0 Å². The molecule has 3 aromatic rings. The van der Waals surface area contributed by atoms with Gasteiger partial charge in [0.15, 0.2) is 11.5 Å². The number of rotatable bonds is 3. The number of para-hydroxylation sites is 1. The molecule has 1 amide bonds. The molecule has 2 aliphatic rings. The smallest absolute Gasteiger partial charge is 0.459 e. The molecule has 0 saturated heterocycles. The highest BCUT2D eigenvalue weighted by Crippen LogP contribution is 2.43. The SMILES string of the molecule is CC(C)OC(=O)C1=CN(C(=O)c2ccc3c(c2)OC(F)(F)O3)CC(C)(C)c2c1[nH]c1ccccc21. The van der Waals surface area contributed by atoms with E-state index in [-0.39, 0.29) is 35.3 Å². The Labute approximate surface area is 200 Å². The maximum absolute atomic E-state index is 13.6. The molecule has 2 aliphatic heterocycles. The Hall–Kier alpha value is -3.88. The van der Waals surface area contributed by atoms with Crippen LogP contribution in [-0.2, 0) is 14.9 Å². The first-order chi connectivity index (χ1) is 16.4. The summed E-state index contributed by atoms with van der Waals surface area (Å²) in [5.41, 5.74) is 2.08. The van der Waals surface area contributed by atoms with Crippen molar-refractivity contribution in [1.82, 2.24) is 9.88 Å². The molecule has 0 saturated carbocycles. The summed E-state index contributed by atoms with van der Waals surface area (Å²) < 4.78 is 41.4. The number of esters is 1. The minimum absolute atomic E-state index is 0.115. The summed E-state index contributed by atoms with van der Waals surface area (Å²) in [6, 6.07) is 11.6. The van der Waals surface area contributed by atoms with Crippen LogP contribution in [-0.4, -0.2) is 40.7 Å². The van der Waals surface area contributed by atoms with Gasteiger partial charge in [-0.1, -0.05) is 32.0 Å². The lowest BCUT2D eigenvalue weighted by atomic mass is 9.81. The van der Waals surface area contributed by atoms with E-state index in [1.165, 1.54) is 29.3 Å². The van der Waals surface area contributed by atoms with Gasteiger partial charge in [0, 0.05) is 34.6 Å². The number of aromatic nitrogens is 1. The molecule has 1 aromatic heterocycles. The highest BCUT2D eigenvalue weighted by atomic mass is 19.3. The van der Waals surface area contributed by atoms with E-state index in [0.717, 1.165) is 16.5 Å². The summed E-state index contributed by atoms with van der Waals surface area (Å²) in [5.74, 6) is -1.44. The van der Waals surface area contributed by atoms with Gasteiger partial charge in [0.2, 0.25) is 0 Å². The predicted octanol–water partition coefficient (Wildman–Crippen LogP) is 5.22. The van der Waals surface area contributed by atoms with Crippen molar-refractivity contribution in [2.45, 2.75) is 45.5 Å². The van der Waals surface area contributed by atoms with Crippen LogP contribution in [0.25, 0.3) is 16.5 Å². The Morgan fingerprint density at radius 2 is 1.80 bits per heavy atom. The normalized spacial score (nSPS) is 17.7. The zero-order valence-electron chi connectivity index (χ0n) is 19.6. The average Bonchev–Trinajstić information content (AvgIpc) is 3.27. The van der Waals surface area contributed by atoms with Gasteiger partial charge >= 0.3 is 12.3 Å². The van der Waals surface area contributed by atoms with Gasteiger partial charge in [-0.25, -0.2) is 4.79 Å². The molecule has 2 aromatic carbocycles. The Kier molecular flexibility index (Phi) is 5.12. The fourth-order valence-corrected chi connectivity index (χ4v) is 4.63. The second-order valence-electron chi connectivity index (χ2n) is 9.56. The van der Waals surface area contributed by atoms with E-state index in [2.05, 4.69) is 14.5 Å². The summed E-state index contributed by atoms with van der Waals surface area (Å²) in [4.78, 5) is 31.5. The number of carbonyl (C=O) groups is 2. The lowest BCUT2D eigenvalue weighted by Crippen LogP contribution is -2.37. The highest BCUT2D eigenvalue weighted by molar-refractivity contribution is 6.18. The van der Waals surface area contributed by atoms with Gasteiger partial charge in [-0.2, -0.15) is 0 Å². The lowest BCUT2D eigenvalue weighted by Gasteiger charge is -2.29. The van der Waals surface area contributed by atoms with E-state index in [0.29, 0.717) is 5.69 Å². The number of hydrogen-bond acceptors (Lipinski definition) is 5. The van der Waals surface area contributed by atoms with Gasteiger partial charge in [-0.15, -0.1) is 8.78 Å². The first-order valence-corrected chi connectivity index (χ1v) is 11.2. The third-order valence-corrected chi connectivity index (χ3v) is 5.97. The van der Waals surface area contributed by atoms with Gasteiger partial charge in [0.1, 0.15) is 0 Å². The number of hydrogen-bond donors (Lipinski definition) is 1. The monoisotopic (exact) mass is 482 g/mol. The zero-order chi connectivity index (χ0) is 25.1. The first-order valence-electron chi connectivity index (χ1n) is 11.2. The summed E-state index contributed by atoms with van der Waals surface area (Å²) >= 11 is 0. The van der Waals surface area contributed by atoms with Gasteiger partial charge in [-0.05, 0) is 43.7 Å². The van der Waals surface area contributed by atoms with Crippen LogP contribution in [0.3, 0.4) is 0 Å². The van der Waals surface area contributed by atoms with Crippen molar-refractivity contribution in [3.05, 3.63) is 65.5 Å². The molecular weight excluding hydrogens is 458 g/mol. The molecule has 3 heterocycles. The number of halogens is 2. The quantitative estimate of drug-likeness (QED) is 0.518. The Bertz CT molecular complexity index is 1390. The molecule has 5 rings (SSSR count). The molecule has 9 heteroatoms. The number of amides is 1. The molecular formula is C26H24F2N2O5. The number of alkyl halides is 2. The summed E-state index contributed by atoms with van der Waals surface area (Å²) in [5, 5.41) is 0.940. The number of nitrogens with one attached hydrogen (secondary N) is 1. The van der Waals surface area contributed by atoms with E-state index < -0.39 is 23.6 Å². The predicted molar refractivity (Wildman–Crippen MR) is 124 cm³/mol.